The highest BCUT2D eigenvalue weighted by molar-refractivity contribution is 6.83. The first-order valence-electron chi connectivity index (χ1n) is 5.91. The quantitative estimate of drug-likeness (QED) is 0.317. The van der Waals surface area contributed by atoms with Crippen LogP contribution < -0.4 is 0 Å². The van der Waals surface area contributed by atoms with Crippen LogP contribution in [0.3, 0.4) is 0 Å². The molecule has 0 N–H and O–H groups in total. The first-order valence-corrected chi connectivity index (χ1v) is 9.41. The summed E-state index contributed by atoms with van der Waals surface area (Å²) < 4.78 is 0. The van der Waals surface area contributed by atoms with E-state index in [2.05, 4.69) is 38.9 Å². The first-order chi connectivity index (χ1) is 6.52. The summed E-state index contributed by atoms with van der Waals surface area (Å²) in [5.41, 5.74) is 3.16. The van der Waals surface area contributed by atoms with Crippen LogP contribution in [0.2, 0.25) is 19.6 Å². The van der Waals surface area contributed by atoms with Gasteiger partial charge in [-0.3, -0.25) is 0 Å². The summed E-state index contributed by atoms with van der Waals surface area (Å²) in [5.74, 6) is 0. The molecule has 0 amide bonds. The second-order valence-corrected chi connectivity index (χ2v) is 10.2. The highest BCUT2D eigenvalue weighted by Crippen LogP contribution is 2.19. The Morgan fingerprint density at radius 3 is 2.07 bits per heavy atom. The predicted molar refractivity (Wildman–Crippen MR) is 69.4 cm³/mol. The number of unbranched alkanes of at least 4 members (excludes halogenated alkanes) is 4. The minimum atomic E-state index is -1.11. The molecule has 0 nitrogen and oxygen atoms in total. The summed E-state index contributed by atoms with van der Waals surface area (Å²) in [4.78, 5) is 0. The van der Waals surface area contributed by atoms with Gasteiger partial charge in [-0.25, -0.2) is 0 Å². The molecule has 82 valence electrons. The predicted octanol–water partition coefficient (Wildman–Crippen LogP) is 4.94. The van der Waals surface area contributed by atoms with E-state index in [4.69, 9.17) is 0 Å². The van der Waals surface area contributed by atoms with E-state index in [1.165, 1.54) is 43.7 Å². The van der Waals surface area contributed by atoms with E-state index in [0.29, 0.717) is 0 Å². The number of hydrogen-bond acceptors (Lipinski definition) is 0. The van der Waals surface area contributed by atoms with Crippen molar-refractivity contribution in [3.63, 3.8) is 0 Å². The molecule has 0 aromatic rings. The molecule has 0 radical (unpaired) electrons. The Hall–Kier alpha value is -0.263. The van der Waals surface area contributed by atoms with E-state index in [1.54, 1.807) is 0 Å². The van der Waals surface area contributed by atoms with Gasteiger partial charge in [0.15, 0.2) is 0 Å². The molecule has 0 heterocycles. The van der Waals surface area contributed by atoms with Crippen molar-refractivity contribution in [1.82, 2.24) is 0 Å². The Morgan fingerprint density at radius 2 is 1.64 bits per heavy atom. The van der Waals surface area contributed by atoms with Gasteiger partial charge in [0.1, 0.15) is 0 Å². The summed E-state index contributed by atoms with van der Waals surface area (Å²) in [7, 11) is -1.11. The lowest BCUT2D eigenvalue weighted by molar-refractivity contribution is 0.634. The zero-order chi connectivity index (χ0) is 11.0. The van der Waals surface area contributed by atoms with Gasteiger partial charge in [0.25, 0.3) is 0 Å². The van der Waals surface area contributed by atoms with Crippen LogP contribution >= 0.6 is 0 Å². The van der Waals surface area contributed by atoms with Gasteiger partial charge < -0.3 is 0 Å². The van der Waals surface area contributed by atoms with Gasteiger partial charge in [0, 0.05) is 0 Å². The minimum absolute atomic E-state index is 1.11. The van der Waals surface area contributed by atoms with Gasteiger partial charge in [-0.05, 0) is 18.0 Å². The number of rotatable bonds is 7. The highest BCUT2D eigenvalue weighted by atomic mass is 28.3. The fourth-order valence-electron chi connectivity index (χ4n) is 1.63. The molecule has 14 heavy (non-hydrogen) atoms. The minimum Gasteiger partial charge on any atom is -0.134 e. The molecule has 0 aliphatic rings. The molecule has 0 atom stereocenters. The van der Waals surface area contributed by atoms with Gasteiger partial charge in [0.05, 0.1) is 8.07 Å². The van der Waals surface area contributed by atoms with Crippen LogP contribution in [0.5, 0.6) is 0 Å². The van der Waals surface area contributed by atoms with Crippen molar-refractivity contribution in [1.29, 1.82) is 0 Å². The molecule has 0 spiro atoms. The molecule has 0 aliphatic heterocycles. The zero-order valence-electron chi connectivity index (χ0n) is 10.4. The molecule has 0 saturated heterocycles. The second kappa shape index (κ2) is 7.08. The Bertz CT molecular complexity index is 192. The van der Waals surface area contributed by atoms with E-state index in [1.807, 2.05) is 0 Å². The molecular formula is C13H26Si. The maximum Gasteiger partial charge on any atom is 0.0823 e. The third-order valence-electron chi connectivity index (χ3n) is 2.65. The summed E-state index contributed by atoms with van der Waals surface area (Å²) in [6.07, 6.45) is 8.07. The van der Waals surface area contributed by atoms with Crippen LogP contribution in [0.25, 0.3) is 0 Å². The van der Waals surface area contributed by atoms with Gasteiger partial charge in [-0.1, -0.05) is 58.8 Å². The fraction of sp³-hybridized carbons (Fsp3) is 0.769. The summed E-state index contributed by atoms with van der Waals surface area (Å²) in [5, 5.41) is 1.52. The summed E-state index contributed by atoms with van der Waals surface area (Å²) >= 11 is 0. The van der Waals surface area contributed by atoms with E-state index in [0.717, 1.165) is 0 Å². The fourth-order valence-corrected chi connectivity index (χ4v) is 3.09. The van der Waals surface area contributed by atoms with Crippen LogP contribution in [0, 0.1) is 0 Å². The van der Waals surface area contributed by atoms with Gasteiger partial charge >= 0.3 is 0 Å². The largest absolute Gasteiger partial charge is 0.134 e. The van der Waals surface area contributed by atoms with Crippen molar-refractivity contribution in [3.8, 4) is 0 Å². The Labute approximate surface area is 91.1 Å². The molecule has 0 saturated carbocycles. The molecular weight excluding hydrogens is 184 g/mol. The van der Waals surface area contributed by atoms with Gasteiger partial charge in [-0.2, -0.15) is 0 Å². The maximum atomic E-state index is 3.82. The van der Waals surface area contributed by atoms with Crippen LogP contribution in [-0.4, -0.2) is 8.07 Å². The van der Waals surface area contributed by atoms with Gasteiger partial charge in [-0.15, -0.1) is 5.73 Å². The average Bonchev–Trinajstić information content (AvgIpc) is 2.09. The molecule has 0 aromatic carbocycles. The Balaban J connectivity index is 3.72. The third-order valence-corrected chi connectivity index (χ3v) is 4.89. The van der Waals surface area contributed by atoms with Crippen LogP contribution in [-0.2, 0) is 0 Å². The number of allylic oxidation sites excluding steroid dienone is 1. The van der Waals surface area contributed by atoms with E-state index >= 15 is 0 Å². The SMILES string of the molecule is C=C=C(CCCCCCC)[Si](C)(C)C. The maximum absolute atomic E-state index is 3.82. The molecule has 0 rings (SSSR count). The third kappa shape index (κ3) is 6.23. The van der Waals surface area contributed by atoms with Gasteiger partial charge in [0.2, 0.25) is 0 Å². The summed E-state index contributed by atoms with van der Waals surface area (Å²) in [6.45, 7) is 13.2. The monoisotopic (exact) mass is 210 g/mol. The van der Waals surface area contributed by atoms with Crippen LogP contribution in [0.15, 0.2) is 17.5 Å². The first kappa shape index (κ1) is 13.7. The Kier molecular flexibility index (Phi) is 6.95. The van der Waals surface area contributed by atoms with Crippen molar-refractivity contribution >= 4 is 8.07 Å². The molecule has 0 aromatic heterocycles. The van der Waals surface area contributed by atoms with E-state index < -0.39 is 8.07 Å². The summed E-state index contributed by atoms with van der Waals surface area (Å²) in [6, 6.07) is 0. The second-order valence-electron chi connectivity index (χ2n) is 5.07. The molecule has 0 bridgehead atoms. The van der Waals surface area contributed by atoms with Crippen molar-refractivity contribution in [2.45, 2.75) is 65.1 Å². The molecule has 0 fully saturated rings. The molecule has 0 unspecified atom stereocenters. The smallest absolute Gasteiger partial charge is 0.0823 e. The lowest BCUT2D eigenvalue weighted by Gasteiger charge is -2.18. The van der Waals surface area contributed by atoms with Crippen molar-refractivity contribution in [2.24, 2.45) is 0 Å². The lowest BCUT2D eigenvalue weighted by Crippen LogP contribution is -2.23. The Morgan fingerprint density at radius 1 is 1.07 bits per heavy atom. The molecule has 0 aliphatic carbocycles. The zero-order valence-corrected chi connectivity index (χ0v) is 11.4. The topological polar surface area (TPSA) is 0 Å². The van der Waals surface area contributed by atoms with Crippen molar-refractivity contribution < 1.29 is 0 Å². The number of hydrogen-bond donors (Lipinski definition) is 0. The van der Waals surface area contributed by atoms with E-state index in [9.17, 15) is 0 Å². The normalized spacial score (nSPS) is 11.1. The lowest BCUT2D eigenvalue weighted by atomic mass is 10.1. The molecule has 1 heteroatoms. The van der Waals surface area contributed by atoms with Crippen molar-refractivity contribution in [2.75, 3.05) is 0 Å². The average molecular weight is 210 g/mol. The highest BCUT2D eigenvalue weighted by Gasteiger charge is 2.18. The standard InChI is InChI=1S/C13H26Si/c1-6-8-9-10-11-12-13(7-2)14(3,4)5/h2,6,8-12H2,1,3-5H3. The van der Waals surface area contributed by atoms with Crippen LogP contribution in [0.4, 0.5) is 0 Å². The van der Waals surface area contributed by atoms with Crippen molar-refractivity contribution in [3.05, 3.63) is 17.5 Å². The van der Waals surface area contributed by atoms with Crippen LogP contribution in [0.1, 0.15) is 45.4 Å². The van der Waals surface area contributed by atoms with E-state index in [-0.39, 0.29) is 0 Å².